The van der Waals surface area contributed by atoms with E-state index in [2.05, 4.69) is 9.71 Å². The summed E-state index contributed by atoms with van der Waals surface area (Å²) >= 11 is 0. The summed E-state index contributed by atoms with van der Waals surface area (Å²) in [5.74, 6) is 0. The Morgan fingerprint density at radius 1 is 1.40 bits per heavy atom. The molecule has 0 bridgehead atoms. The molecule has 0 saturated heterocycles. The van der Waals surface area contributed by atoms with Crippen LogP contribution in [0.25, 0.3) is 11.1 Å². The number of sulfonamides is 1. The average molecular weight is 226 g/mol. The Kier molecular flexibility index (Phi) is 2.15. The molecule has 0 atom stereocenters. The summed E-state index contributed by atoms with van der Waals surface area (Å²) in [6, 6.07) is 5.45. The Morgan fingerprint density at radius 2 is 2.13 bits per heavy atom. The maximum Gasteiger partial charge on any atom is 0.309 e. The SMILES string of the molecule is Cc1ccc2oc(NS(C)(=O)=O)nc2c1. The molecule has 6 heteroatoms. The summed E-state index contributed by atoms with van der Waals surface area (Å²) in [4.78, 5) is 4.00. The quantitative estimate of drug-likeness (QED) is 0.842. The molecule has 1 N–H and O–H groups in total. The minimum Gasteiger partial charge on any atom is -0.423 e. The number of anilines is 1. The predicted octanol–water partition coefficient (Wildman–Crippen LogP) is 1.51. The molecule has 1 aromatic carbocycles. The molecule has 0 aliphatic rings. The van der Waals surface area contributed by atoms with Crippen LogP contribution < -0.4 is 4.72 Å². The number of aryl methyl sites for hydroxylation is 1. The summed E-state index contributed by atoms with van der Waals surface area (Å²) in [7, 11) is -3.34. The van der Waals surface area contributed by atoms with E-state index in [1.54, 1.807) is 6.07 Å². The van der Waals surface area contributed by atoms with Crippen molar-refractivity contribution in [3.8, 4) is 0 Å². The second kappa shape index (κ2) is 3.23. The molecule has 0 spiro atoms. The number of fused-ring (bicyclic) bond motifs is 1. The second-order valence-electron chi connectivity index (χ2n) is 3.36. The van der Waals surface area contributed by atoms with Crippen LogP contribution in [0, 0.1) is 6.92 Å². The van der Waals surface area contributed by atoms with Gasteiger partial charge < -0.3 is 4.42 Å². The Hall–Kier alpha value is -1.56. The van der Waals surface area contributed by atoms with Gasteiger partial charge in [-0.3, -0.25) is 0 Å². The largest absolute Gasteiger partial charge is 0.423 e. The van der Waals surface area contributed by atoms with Gasteiger partial charge in [0.05, 0.1) is 6.26 Å². The van der Waals surface area contributed by atoms with Crippen molar-refractivity contribution in [2.24, 2.45) is 0 Å². The van der Waals surface area contributed by atoms with E-state index in [0.717, 1.165) is 11.8 Å². The minimum atomic E-state index is -3.34. The van der Waals surface area contributed by atoms with Crippen LogP contribution in [-0.4, -0.2) is 19.7 Å². The first-order valence-corrected chi connectivity index (χ1v) is 6.18. The van der Waals surface area contributed by atoms with Gasteiger partial charge in [-0.1, -0.05) is 6.07 Å². The molecule has 5 nitrogen and oxygen atoms in total. The van der Waals surface area contributed by atoms with Gasteiger partial charge in [-0.05, 0) is 24.6 Å². The van der Waals surface area contributed by atoms with Gasteiger partial charge in [0.15, 0.2) is 5.58 Å². The van der Waals surface area contributed by atoms with Gasteiger partial charge in [0, 0.05) is 0 Å². The number of hydrogen-bond acceptors (Lipinski definition) is 4. The zero-order valence-corrected chi connectivity index (χ0v) is 9.13. The summed E-state index contributed by atoms with van der Waals surface area (Å²) < 4.78 is 29.2. The maximum absolute atomic E-state index is 10.9. The maximum atomic E-state index is 10.9. The van der Waals surface area contributed by atoms with Crippen molar-refractivity contribution in [1.82, 2.24) is 4.98 Å². The number of rotatable bonds is 2. The molecule has 0 fully saturated rings. The van der Waals surface area contributed by atoms with Crippen molar-refractivity contribution in [3.05, 3.63) is 23.8 Å². The summed E-state index contributed by atoms with van der Waals surface area (Å²) in [6.45, 7) is 1.93. The van der Waals surface area contributed by atoms with Gasteiger partial charge in [0.25, 0.3) is 0 Å². The average Bonchev–Trinajstić information content (AvgIpc) is 2.42. The molecular weight excluding hydrogens is 216 g/mol. The van der Waals surface area contributed by atoms with E-state index in [1.165, 1.54) is 0 Å². The standard InChI is InChI=1S/C9H10N2O3S/c1-6-3-4-8-7(5-6)10-9(14-8)11-15(2,12)13/h3-5H,1-2H3,(H,10,11). The Morgan fingerprint density at radius 3 is 2.80 bits per heavy atom. The number of aromatic nitrogens is 1. The lowest BCUT2D eigenvalue weighted by molar-refractivity contribution is 0.596. The summed E-state index contributed by atoms with van der Waals surface area (Å²) in [6.07, 6.45) is 1.05. The van der Waals surface area contributed by atoms with Gasteiger partial charge in [0.1, 0.15) is 5.52 Å². The van der Waals surface area contributed by atoms with E-state index in [9.17, 15) is 8.42 Å². The molecular formula is C9H10N2O3S. The highest BCUT2D eigenvalue weighted by Gasteiger charge is 2.09. The zero-order chi connectivity index (χ0) is 11.1. The highest BCUT2D eigenvalue weighted by atomic mass is 32.2. The van der Waals surface area contributed by atoms with Crippen LogP contribution in [0.15, 0.2) is 22.6 Å². The molecule has 15 heavy (non-hydrogen) atoms. The minimum absolute atomic E-state index is 0.00176. The third kappa shape index (κ3) is 2.27. The van der Waals surface area contributed by atoms with E-state index in [-0.39, 0.29) is 6.01 Å². The number of nitrogens with one attached hydrogen (secondary N) is 1. The molecule has 1 aromatic heterocycles. The first kappa shape index (κ1) is 9.97. The van der Waals surface area contributed by atoms with Gasteiger partial charge in [-0.15, -0.1) is 0 Å². The molecule has 0 saturated carbocycles. The fourth-order valence-electron chi connectivity index (χ4n) is 1.24. The highest BCUT2D eigenvalue weighted by Crippen LogP contribution is 2.20. The van der Waals surface area contributed by atoms with Crippen LogP contribution in [0.1, 0.15) is 5.56 Å². The van der Waals surface area contributed by atoms with Crippen molar-refractivity contribution in [2.45, 2.75) is 6.92 Å². The molecule has 0 radical (unpaired) electrons. The molecule has 1 heterocycles. The summed E-state index contributed by atoms with van der Waals surface area (Å²) in [5, 5.41) is 0. The fourth-order valence-corrected chi connectivity index (χ4v) is 1.64. The summed E-state index contributed by atoms with van der Waals surface area (Å²) in [5.41, 5.74) is 2.25. The van der Waals surface area contributed by atoms with Crippen LogP contribution in [0.5, 0.6) is 0 Å². The highest BCUT2D eigenvalue weighted by molar-refractivity contribution is 7.91. The van der Waals surface area contributed by atoms with Gasteiger partial charge in [-0.25, -0.2) is 13.1 Å². The van der Waals surface area contributed by atoms with Gasteiger partial charge in [0.2, 0.25) is 10.0 Å². The lowest BCUT2D eigenvalue weighted by atomic mass is 10.2. The van der Waals surface area contributed by atoms with E-state index in [4.69, 9.17) is 4.42 Å². The number of nitrogens with zero attached hydrogens (tertiary/aromatic N) is 1. The van der Waals surface area contributed by atoms with Crippen LogP contribution in [0.2, 0.25) is 0 Å². The first-order chi connectivity index (χ1) is 6.94. The first-order valence-electron chi connectivity index (χ1n) is 4.29. The molecule has 2 aromatic rings. The van der Waals surface area contributed by atoms with Gasteiger partial charge in [-0.2, -0.15) is 4.98 Å². The Balaban J connectivity index is 2.48. The van der Waals surface area contributed by atoms with E-state index in [1.807, 2.05) is 19.1 Å². The second-order valence-corrected chi connectivity index (χ2v) is 5.11. The van der Waals surface area contributed by atoms with Crippen LogP contribution in [0.4, 0.5) is 6.01 Å². The molecule has 2 rings (SSSR count). The van der Waals surface area contributed by atoms with Crippen molar-refractivity contribution >= 4 is 27.1 Å². The molecule has 0 amide bonds. The van der Waals surface area contributed by atoms with Crippen molar-refractivity contribution in [1.29, 1.82) is 0 Å². The molecule has 0 unspecified atom stereocenters. The molecule has 0 aliphatic carbocycles. The van der Waals surface area contributed by atoms with Gasteiger partial charge >= 0.3 is 6.01 Å². The monoisotopic (exact) mass is 226 g/mol. The topological polar surface area (TPSA) is 72.2 Å². The van der Waals surface area contributed by atoms with E-state index >= 15 is 0 Å². The molecule has 0 aliphatic heterocycles. The van der Waals surface area contributed by atoms with Crippen molar-refractivity contribution in [2.75, 3.05) is 11.0 Å². The Labute approximate surface area is 87.2 Å². The zero-order valence-electron chi connectivity index (χ0n) is 8.31. The Bertz CT molecular complexity index is 601. The van der Waals surface area contributed by atoms with Crippen molar-refractivity contribution < 1.29 is 12.8 Å². The van der Waals surface area contributed by atoms with Crippen LogP contribution in [0.3, 0.4) is 0 Å². The van der Waals surface area contributed by atoms with Crippen molar-refractivity contribution in [3.63, 3.8) is 0 Å². The third-order valence-electron chi connectivity index (χ3n) is 1.82. The normalized spacial score (nSPS) is 11.9. The third-order valence-corrected chi connectivity index (χ3v) is 2.36. The lowest BCUT2D eigenvalue weighted by Gasteiger charge is -1.94. The molecule has 80 valence electrons. The predicted molar refractivity (Wildman–Crippen MR) is 57.2 cm³/mol. The number of benzene rings is 1. The van der Waals surface area contributed by atoms with Crippen LogP contribution >= 0.6 is 0 Å². The number of oxazole rings is 1. The van der Waals surface area contributed by atoms with Crippen LogP contribution in [-0.2, 0) is 10.0 Å². The number of hydrogen-bond donors (Lipinski definition) is 1. The smallest absolute Gasteiger partial charge is 0.309 e. The fraction of sp³-hybridized carbons (Fsp3) is 0.222. The van der Waals surface area contributed by atoms with E-state index < -0.39 is 10.0 Å². The lowest BCUT2D eigenvalue weighted by Crippen LogP contribution is -2.09. The van der Waals surface area contributed by atoms with E-state index in [0.29, 0.717) is 11.1 Å².